The van der Waals surface area contributed by atoms with Gasteiger partial charge in [0.05, 0.1) is 0 Å². The van der Waals surface area contributed by atoms with E-state index >= 15 is 0 Å². The first-order chi connectivity index (χ1) is 13.5. The van der Waals surface area contributed by atoms with Crippen molar-refractivity contribution < 1.29 is 19.5 Å². The molecule has 1 atom stereocenters. The van der Waals surface area contributed by atoms with E-state index in [1.54, 1.807) is 24.3 Å². The summed E-state index contributed by atoms with van der Waals surface area (Å²) >= 11 is 0. The highest BCUT2D eigenvalue weighted by atomic mass is 16.4. The smallest absolute Gasteiger partial charge is 0.320 e. The van der Waals surface area contributed by atoms with Crippen LogP contribution >= 0.6 is 0 Å². The van der Waals surface area contributed by atoms with Crippen LogP contribution in [0.25, 0.3) is 0 Å². The van der Waals surface area contributed by atoms with E-state index in [4.69, 9.17) is 10.8 Å². The molecule has 7 nitrogen and oxygen atoms in total. The third-order valence-electron chi connectivity index (χ3n) is 4.44. The molecule has 0 unspecified atom stereocenters. The number of carboxylic acids is 1. The molecule has 0 fully saturated rings. The minimum Gasteiger partial charge on any atom is -0.480 e. The van der Waals surface area contributed by atoms with Gasteiger partial charge in [-0.05, 0) is 43.4 Å². The van der Waals surface area contributed by atoms with Gasteiger partial charge in [-0.25, -0.2) is 0 Å². The Morgan fingerprint density at radius 2 is 1.86 bits per heavy atom. The third-order valence-corrected chi connectivity index (χ3v) is 4.44. The summed E-state index contributed by atoms with van der Waals surface area (Å²) < 4.78 is 0. The second-order valence-electron chi connectivity index (χ2n) is 6.78. The lowest BCUT2D eigenvalue weighted by atomic mass is 10.1. The molecule has 0 spiro atoms. The largest absolute Gasteiger partial charge is 0.480 e. The molecule has 0 saturated heterocycles. The standard InChI is InChI=1S/C21H27N3O4/c22-18(21(27)28)14-15-9-11-17(12-10-15)24-19(25)8-2-1-5-13-23-20(26)16-6-3-4-7-16/h3-4,6,9-12,18H,1-2,5,7-8,13-14,22H2,(H,23,26)(H,24,25)(H,27,28)/t18-/m0/s1. The highest BCUT2D eigenvalue weighted by Crippen LogP contribution is 2.12. The molecule has 0 aromatic heterocycles. The van der Waals surface area contributed by atoms with E-state index in [0.717, 1.165) is 30.4 Å². The zero-order valence-corrected chi connectivity index (χ0v) is 15.8. The van der Waals surface area contributed by atoms with Crippen LogP contribution in [0.2, 0.25) is 0 Å². The van der Waals surface area contributed by atoms with Crippen LogP contribution in [0.4, 0.5) is 5.69 Å². The molecule has 0 radical (unpaired) electrons. The molecule has 0 heterocycles. The molecule has 2 amide bonds. The van der Waals surface area contributed by atoms with Crippen LogP contribution in [-0.2, 0) is 20.8 Å². The monoisotopic (exact) mass is 385 g/mol. The summed E-state index contributed by atoms with van der Waals surface area (Å²) in [5, 5.41) is 14.5. The zero-order valence-electron chi connectivity index (χ0n) is 15.8. The number of hydrogen-bond donors (Lipinski definition) is 4. The van der Waals surface area contributed by atoms with Crippen LogP contribution in [0.15, 0.2) is 48.1 Å². The fraction of sp³-hybridized carbons (Fsp3) is 0.381. The van der Waals surface area contributed by atoms with Crippen LogP contribution in [0.1, 0.15) is 37.7 Å². The number of benzene rings is 1. The molecule has 1 aliphatic carbocycles. The Hall–Kier alpha value is -2.93. The summed E-state index contributed by atoms with van der Waals surface area (Å²) in [6.45, 7) is 0.609. The minimum absolute atomic E-state index is 0.0181. The fourth-order valence-corrected chi connectivity index (χ4v) is 2.81. The minimum atomic E-state index is -1.04. The number of carbonyl (C=O) groups is 3. The molecule has 0 aliphatic heterocycles. The average Bonchev–Trinajstić information content (AvgIpc) is 3.20. The number of carbonyl (C=O) groups excluding carboxylic acids is 2. The van der Waals surface area contributed by atoms with Crippen LogP contribution in [-0.4, -0.2) is 35.5 Å². The number of carboxylic acid groups (broad SMARTS) is 1. The SMILES string of the molecule is N[C@@H](Cc1ccc(NC(=O)CCCCCNC(=O)C2=CC=CC2)cc1)C(=O)O. The number of allylic oxidation sites excluding steroid dienone is 3. The quantitative estimate of drug-likeness (QED) is 0.435. The lowest BCUT2D eigenvalue weighted by molar-refractivity contribution is -0.138. The van der Waals surface area contributed by atoms with E-state index < -0.39 is 12.0 Å². The second-order valence-corrected chi connectivity index (χ2v) is 6.78. The van der Waals surface area contributed by atoms with Gasteiger partial charge in [-0.15, -0.1) is 0 Å². The number of hydrogen-bond acceptors (Lipinski definition) is 4. The fourth-order valence-electron chi connectivity index (χ4n) is 2.81. The molecule has 7 heteroatoms. The number of anilines is 1. The molecule has 0 bridgehead atoms. The van der Waals surface area contributed by atoms with Crippen LogP contribution in [0.5, 0.6) is 0 Å². The van der Waals surface area contributed by atoms with Crippen LogP contribution < -0.4 is 16.4 Å². The van der Waals surface area contributed by atoms with Crippen molar-refractivity contribution >= 4 is 23.5 Å². The highest BCUT2D eigenvalue weighted by Gasteiger charge is 2.12. The summed E-state index contributed by atoms with van der Waals surface area (Å²) in [7, 11) is 0. The Labute approximate surface area is 164 Å². The van der Waals surface area contributed by atoms with Crippen molar-refractivity contribution in [2.24, 2.45) is 5.73 Å². The van der Waals surface area contributed by atoms with Crippen molar-refractivity contribution in [2.75, 3.05) is 11.9 Å². The molecular formula is C21H27N3O4. The number of rotatable bonds is 11. The Morgan fingerprint density at radius 1 is 1.11 bits per heavy atom. The number of aliphatic carboxylic acids is 1. The number of nitrogens with one attached hydrogen (secondary N) is 2. The van der Waals surface area contributed by atoms with Gasteiger partial charge in [-0.2, -0.15) is 0 Å². The van der Waals surface area contributed by atoms with Gasteiger partial charge in [0.2, 0.25) is 11.8 Å². The van der Waals surface area contributed by atoms with E-state index in [1.165, 1.54) is 0 Å². The van der Waals surface area contributed by atoms with Gasteiger partial charge in [0, 0.05) is 24.2 Å². The normalized spacial score (nSPS) is 13.7. The summed E-state index contributed by atoms with van der Waals surface area (Å²) in [4.78, 5) is 34.5. The maximum absolute atomic E-state index is 12.0. The topological polar surface area (TPSA) is 122 Å². The number of amides is 2. The summed E-state index contributed by atoms with van der Waals surface area (Å²) in [6, 6.07) is 6.07. The lowest BCUT2D eigenvalue weighted by Gasteiger charge is -2.09. The van der Waals surface area contributed by atoms with Gasteiger partial charge < -0.3 is 21.5 Å². The van der Waals surface area contributed by atoms with E-state index in [0.29, 0.717) is 25.1 Å². The van der Waals surface area contributed by atoms with Crippen molar-refractivity contribution in [2.45, 2.75) is 44.6 Å². The average molecular weight is 385 g/mol. The van der Waals surface area contributed by atoms with Gasteiger partial charge in [0.1, 0.15) is 6.04 Å². The first-order valence-electron chi connectivity index (χ1n) is 9.47. The second kappa shape index (κ2) is 11.0. The molecule has 5 N–H and O–H groups in total. The molecule has 0 saturated carbocycles. The van der Waals surface area contributed by atoms with Gasteiger partial charge in [0.15, 0.2) is 0 Å². The van der Waals surface area contributed by atoms with Crippen molar-refractivity contribution in [3.8, 4) is 0 Å². The summed E-state index contributed by atoms with van der Waals surface area (Å²) in [6.07, 6.45) is 9.44. The Bertz CT molecular complexity index is 753. The Morgan fingerprint density at radius 3 is 2.50 bits per heavy atom. The van der Waals surface area contributed by atoms with E-state index in [2.05, 4.69) is 10.6 Å². The highest BCUT2D eigenvalue weighted by molar-refractivity contribution is 5.94. The molecular weight excluding hydrogens is 358 g/mol. The van der Waals surface area contributed by atoms with Crippen LogP contribution in [0.3, 0.4) is 0 Å². The maximum Gasteiger partial charge on any atom is 0.320 e. The number of nitrogens with two attached hydrogens (primary N) is 1. The molecule has 1 aromatic rings. The van der Waals surface area contributed by atoms with E-state index in [-0.39, 0.29) is 18.2 Å². The first-order valence-corrected chi connectivity index (χ1v) is 9.47. The van der Waals surface area contributed by atoms with E-state index in [1.807, 2.05) is 18.2 Å². The summed E-state index contributed by atoms with van der Waals surface area (Å²) in [5.41, 5.74) is 7.77. The molecule has 28 heavy (non-hydrogen) atoms. The Balaban J connectivity index is 1.58. The predicted molar refractivity (Wildman–Crippen MR) is 108 cm³/mol. The van der Waals surface area contributed by atoms with Gasteiger partial charge >= 0.3 is 5.97 Å². The Kier molecular flexibility index (Phi) is 8.42. The first kappa shape index (κ1) is 21.4. The summed E-state index contributed by atoms with van der Waals surface area (Å²) in [5.74, 6) is -1.12. The van der Waals surface area contributed by atoms with Crippen molar-refractivity contribution in [3.63, 3.8) is 0 Å². The van der Waals surface area contributed by atoms with Crippen LogP contribution in [0, 0.1) is 0 Å². The lowest BCUT2D eigenvalue weighted by Crippen LogP contribution is -2.32. The molecule has 150 valence electrons. The van der Waals surface area contributed by atoms with Gasteiger partial charge in [-0.3, -0.25) is 14.4 Å². The van der Waals surface area contributed by atoms with Crippen molar-refractivity contribution in [1.29, 1.82) is 0 Å². The molecule has 1 aromatic carbocycles. The molecule has 1 aliphatic rings. The van der Waals surface area contributed by atoms with Crippen molar-refractivity contribution in [1.82, 2.24) is 5.32 Å². The number of unbranched alkanes of at least 4 members (excludes halogenated alkanes) is 2. The maximum atomic E-state index is 12.0. The predicted octanol–water partition coefficient (Wildman–Crippen LogP) is 2.14. The van der Waals surface area contributed by atoms with Gasteiger partial charge in [0.25, 0.3) is 0 Å². The van der Waals surface area contributed by atoms with Crippen molar-refractivity contribution in [3.05, 3.63) is 53.6 Å². The third kappa shape index (κ3) is 7.36. The van der Waals surface area contributed by atoms with Gasteiger partial charge in [-0.1, -0.05) is 36.8 Å². The van der Waals surface area contributed by atoms with E-state index in [9.17, 15) is 14.4 Å². The zero-order chi connectivity index (χ0) is 20.4. The molecule has 2 rings (SSSR count).